The molecular weight excluding hydrogens is 398 g/mol. The Morgan fingerprint density at radius 3 is 2.48 bits per heavy atom. The van der Waals surface area contributed by atoms with Crippen molar-refractivity contribution in [2.45, 2.75) is 78.9 Å². The number of fused-ring (bicyclic) bond motifs is 1. The number of nitrogens with one attached hydrogen (secondary N) is 1. The Morgan fingerprint density at radius 1 is 1.16 bits per heavy atom. The second-order valence-electron chi connectivity index (χ2n) is 9.10. The van der Waals surface area contributed by atoms with Gasteiger partial charge in [0.1, 0.15) is 23.0 Å². The Labute approximate surface area is 183 Å². The van der Waals surface area contributed by atoms with Crippen LogP contribution in [0.4, 0.5) is 4.79 Å². The molecule has 1 unspecified atom stereocenters. The van der Waals surface area contributed by atoms with Crippen molar-refractivity contribution in [3.05, 3.63) is 40.2 Å². The lowest BCUT2D eigenvalue weighted by Crippen LogP contribution is -2.45. The molecule has 0 radical (unpaired) electrons. The molecule has 1 atom stereocenters. The summed E-state index contributed by atoms with van der Waals surface area (Å²) in [5, 5.41) is 3.41. The molecule has 0 saturated heterocycles. The second-order valence-corrected chi connectivity index (χ2v) is 9.10. The summed E-state index contributed by atoms with van der Waals surface area (Å²) >= 11 is 0. The van der Waals surface area contributed by atoms with Crippen LogP contribution in [0.15, 0.2) is 33.5 Å². The molecule has 1 aromatic heterocycles. The SMILES string of the molecule is CCCCc1cc(=O)oc2cc(OC(=O)C(CC(C)C)NC(=O)OC(C)(C)C)ccc12. The van der Waals surface area contributed by atoms with E-state index >= 15 is 0 Å². The number of ether oxygens (including phenoxy) is 2. The van der Waals surface area contributed by atoms with Crippen molar-refractivity contribution in [3.8, 4) is 5.75 Å². The lowest BCUT2D eigenvalue weighted by molar-refractivity contribution is -0.137. The van der Waals surface area contributed by atoms with Crippen LogP contribution >= 0.6 is 0 Å². The highest BCUT2D eigenvalue weighted by atomic mass is 16.6. The zero-order valence-electron chi connectivity index (χ0n) is 19.2. The van der Waals surface area contributed by atoms with Gasteiger partial charge in [-0.2, -0.15) is 0 Å². The van der Waals surface area contributed by atoms with E-state index in [0.717, 1.165) is 30.2 Å². The van der Waals surface area contributed by atoms with Crippen LogP contribution in [-0.4, -0.2) is 23.7 Å². The molecule has 2 rings (SSSR count). The molecule has 7 heteroatoms. The summed E-state index contributed by atoms with van der Waals surface area (Å²) in [7, 11) is 0. The highest BCUT2D eigenvalue weighted by molar-refractivity contribution is 5.85. The van der Waals surface area contributed by atoms with Gasteiger partial charge in [0, 0.05) is 17.5 Å². The normalized spacial score (nSPS) is 12.6. The topological polar surface area (TPSA) is 94.8 Å². The smallest absolute Gasteiger partial charge is 0.408 e. The molecule has 0 aliphatic heterocycles. The summed E-state index contributed by atoms with van der Waals surface area (Å²) in [6.07, 6.45) is 2.46. The minimum atomic E-state index is -0.867. The maximum Gasteiger partial charge on any atom is 0.408 e. The molecule has 0 aliphatic rings. The Morgan fingerprint density at radius 2 is 1.87 bits per heavy atom. The molecule has 0 spiro atoms. The number of carbonyl (C=O) groups excluding carboxylic acids is 2. The lowest BCUT2D eigenvalue weighted by atomic mass is 10.0. The molecule has 1 heterocycles. The van der Waals surface area contributed by atoms with Gasteiger partial charge in [-0.05, 0) is 63.6 Å². The van der Waals surface area contributed by atoms with Crippen molar-refractivity contribution < 1.29 is 23.5 Å². The molecule has 1 N–H and O–H groups in total. The summed E-state index contributed by atoms with van der Waals surface area (Å²) in [6, 6.07) is 5.62. The van der Waals surface area contributed by atoms with Gasteiger partial charge in [-0.15, -0.1) is 0 Å². The van der Waals surface area contributed by atoms with Crippen LogP contribution in [0.5, 0.6) is 5.75 Å². The number of esters is 1. The van der Waals surface area contributed by atoms with E-state index in [1.807, 2.05) is 13.8 Å². The monoisotopic (exact) mass is 431 g/mol. The van der Waals surface area contributed by atoms with Gasteiger partial charge in [-0.3, -0.25) is 0 Å². The average molecular weight is 432 g/mol. The Bertz CT molecular complexity index is 970. The van der Waals surface area contributed by atoms with Gasteiger partial charge in [0.2, 0.25) is 0 Å². The quantitative estimate of drug-likeness (QED) is 0.360. The van der Waals surface area contributed by atoms with Gasteiger partial charge in [0.05, 0.1) is 0 Å². The summed E-state index contributed by atoms with van der Waals surface area (Å²) < 4.78 is 16.1. The average Bonchev–Trinajstić information content (AvgIpc) is 2.63. The van der Waals surface area contributed by atoms with Crippen LogP contribution in [0, 0.1) is 5.92 Å². The fourth-order valence-electron chi connectivity index (χ4n) is 3.17. The zero-order valence-corrected chi connectivity index (χ0v) is 19.2. The van der Waals surface area contributed by atoms with Crippen LogP contribution in [0.2, 0.25) is 0 Å². The number of hydrogen-bond donors (Lipinski definition) is 1. The number of amides is 1. The zero-order chi connectivity index (χ0) is 23.2. The lowest BCUT2D eigenvalue weighted by Gasteiger charge is -2.23. The number of rotatable bonds is 8. The van der Waals surface area contributed by atoms with E-state index in [9.17, 15) is 14.4 Å². The van der Waals surface area contributed by atoms with Gasteiger partial charge in [0.25, 0.3) is 0 Å². The van der Waals surface area contributed by atoms with Crippen molar-refractivity contribution >= 4 is 23.0 Å². The minimum Gasteiger partial charge on any atom is -0.444 e. The maximum atomic E-state index is 12.8. The van der Waals surface area contributed by atoms with E-state index in [4.69, 9.17) is 13.9 Å². The molecule has 1 amide bonds. The first-order chi connectivity index (χ1) is 14.5. The van der Waals surface area contributed by atoms with E-state index in [1.54, 1.807) is 32.9 Å². The Kier molecular flexibility index (Phi) is 8.25. The molecule has 2 aromatic rings. The number of unbranched alkanes of at least 4 members (excludes halogenated alkanes) is 1. The van der Waals surface area contributed by atoms with Crippen molar-refractivity contribution in [2.75, 3.05) is 0 Å². The Hall–Kier alpha value is -2.83. The van der Waals surface area contributed by atoms with E-state index in [0.29, 0.717) is 12.0 Å². The Balaban J connectivity index is 2.22. The first-order valence-corrected chi connectivity index (χ1v) is 10.8. The largest absolute Gasteiger partial charge is 0.444 e. The van der Waals surface area contributed by atoms with Crippen molar-refractivity contribution in [3.63, 3.8) is 0 Å². The van der Waals surface area contributed by atoms with Crippen molar-refractivity contribution in [2.24, 2.45) is 5.92 Å². The van der Waals surface area contributed by atoms with Gasteiger partial charge >= 0.3 is 17.7 Å². The molecule has 0 aliphatic carbocycles. The molecule has 0 fully saturated rings. The molecule has 1 aromatic carbocycles. The van der Waals surface area contributed by atoms with E-state index in [-0.39, 0.29) is 11.7 Å². The predicted octanol–water partition coefficient (Wildman–Crippen LogP) is 4.98. The molecule has 31 heavy (non-hydrogen) atoms. The van der Waals surface area contributed by atoms with Crippen LogP contribution in [-0.2, 0) is 16.0 Å². The molecular formula is C24H33NO6. The van der Waals surface area contributed by atoms with E-state index in [1.165, 1.54) is 12.1 Å². The third kappa shape index (κ3) is 7.74. The van der Waals surface area contributed by atoms with Crippen molar-refractivity contribution in [1.29, 1.82) is 0 Å². The van der Waals surface area contributed by atoms with Gasteiger partial charge in [-0.1, -0.05) is 27.2 Å². The van der Waals surface area contributed by atoms with Gasteiger partial charge < -0.3 is 19.2 Å². The standard InChI is InChI=1S/C24H33NO6/c1-7-8-9-16-13-21(26)30-20-14-17(10-11-18(16)20)29-22(27)19(12-15(2)3)25-23(28)31-24(4,5)6/h10-11,13-15,19H,7-9,12H2,1-6H3,(H,25,28). The summed E-state index contributed by atoms with van der Waals surface area (Å²) in [5.74, 6) is -0.223. The van der Waals surface area contributed by atoms with Crippen LogP contribution in [0.25, 0.3) is 11.0 Å². The highest BCUT2D eigenvalue weighted by Crippen LogP contribution is 2.24. The summed E-state index contributed by atoms with van der Waals surface area (Å²) in [5.41, 5.74) is 0.160. The number of aryl methyl sites for hydroxylation is 1. The second kappa shape index (κ2) is 10.5. The number of carbonyl (C=O) groups is 2. The maximum absolute atomic E-state index is 12.8. The number of alkyl carbamates (subject to hydrolysis) is 1. The summed E-state index contributed by atoms with van der Waals surface area (Å²) in [6.45, 7) is 11.2. The minimum absolute atomic E-state index is 0.142. The fourth-order valence-corrected chi connectivity index (χ4v) is 3.17. The molecule has 7 nitrogen and oxygen atoms in total. The first kappa shape index (κ1) is 24.4. The third-order valence-electron chi connectivity index (χ3n) is 4.50. The number of benzene rings is 1. The molecule has 0 saturated carbocycles. The fraction of sp³-hybridized carbons (Fsp3) is 0.542. The van der Waals surface area contributed by atoms with Gasteiger partial charge in [0.15, 0.2) is 0 Å². The molecule has 0 bridgehead atoms. The van der Waals surface area contributed by atoms with Crippen LogP contribution in [0.1, 0.15) is 66.4 Å². The third-order valence-corrected chi connectivity index (χ3v) is 4.50. The van der Waals surface area contributed by atoms with Crippen LogP contribution in [0.3, 0.4) is 0 Å². The summed E-state index contributed by atoms with van der Waals surface area (Å²) in [4.78, 5) is 36.9. The first-order valence-electron chi connectivity index (χ1n) is 10.8. The van der Waals surface area contributed by atoms with E-state index < -0.39 is 29.3 Å². The molecule has 170 valence electrons. The number of hydrogen-bond acceptors (Lipinski definition) is 6. The van der Waals surface area contributed by atoms with Gasteiger partial charge in [-0.25, -0.2) is 14.4 Å². The predicted molar refractivity (Wildman–Crippen MR) is 119 cm³/mol. The van der Waals surface area contributed by atoms with Crippen molar-refractivity contribution in [1.82, 2.24) is 5.32 Å². The highest BCUT2D eigenvalue weighted by Gasteiger charge is 2.27. The van der Waals surface area contributed by atoms with Crippen LogP contribution < -0.4 is 15.7 Å². The van der Waals surface area contributed by atoms with E-state index in [2.05, 4.69) is 12.2 Å².